The summed E-state index contributed by atoms with van der Waals surface area (Å²) in [7, 11) is -3.43. The number of hydrogen-bond donors (Lipinski definition) is 1. The van der Waals surface area contributed by atoms with Crippen molar-refractivity contribution in [2.24, 2.45) is 5.92 Å². The Morgan fingerprint density at radius 2 is 1.97 bits per heavy atom. The predicted octanol–water partition coefficient (Wildman–Crippen LogP) is 1.93. The first kappa shape index (κ1) is 22.6. The lowest BCUT2D eigenvalue weighted by Gasteiger charge is -2.34. The van der Waals surface area contributed by atoms with E-state index in [-0.39, 0.29) is 18.2 Å². The molecular weight excluding hydrogens is 422 g/mol. The number of amides is 1. The molecule has 0 radical (unpaired) electrons. The van der Waals surface area contributed by atoms with Crippen LogP contribution in [0.3, 0.4) is 0 Å². The van der Waals surface area contributed by atoms with Crippen LogP contribution in [0.4, 0.5) is 5.82 Å². The standard InChI is InChI=1S/C20H29N5O3S2/c1-15(2)14-18-23-16(3)19(29-18)20(26)22-8-13-30(27,28)25-11-9-24(10-12-25)17-6-4-5-7-21-17/h4-7,15H,8-14H2,1-3H3,(H,22,26). The van der Waals surface area contributed by atoms with Gasteiger partial charge in [-0.05, 0) is 25.0 Å². The van der Waals surface area contributed by atoms with Crippen molar-refractivity contribution in [1.29, 1.82) is 0 Å². The highest BCUT2D eigenvalue weighted by Crippen LogP contribution is 2.20. The average molecular weight is 452 g/mol. The van der Waals surface area contributed by atoms with Crippen LogP contribution in [-0.2, 0) is 16.4 Å². The van der Waals surface area contributed by atoms with Crippen molar-refractivity contribution in [2.45, 2.75) is 27.2 Å². The lowest BCUT2D eigenvalue weighted by atomic mass is 10.1. The number of aryl methyl sites for hydroxylation is 1. The number of aromatic nitrogens is 2. The first-order valence-corrected chi connectivity index (χ1v) is 12.6. The minimum absolute atomic E-state index is 0.0818. The van der Waals surface area contributed by atoms with Crippen molar-refractivity contribution >= 4 is 33.1 Å². The van der Waals surface area contributed by atoms with Crippen LogP contribution in [0.5, 0.6) is 0 Å². The van der Waals surface area contributed by atoms with Crippen molar-refractivity contribution < 1.29 is 13.2 Å². The van der Waals surface area contributed by atoms with Gasteiger partial charge in [-0.2, -0.15) is 4.31 Å². The molecule has 1 saturated heterocycles. The normalized spacial score (nSPS) is 15.5. The van der Waals surface area contributed by atoms with E-state index in [0.29, 0.717) is 42.7 Å². The van der Waals surface area contributed by atoms with Gasteiger partial charge in [0.15, 0.2) is 0 Å². The highest BCUT2D eigenvalue weighted by Gasteiger charge is 2.27. The number of carbonyl (C=O) groups is 1. The maximum absolute atomic E-state index is 12.7. The molecule has 1 aliphatic rings. The highest BCUT2D eigenvalue weighted by atomic mass is 32.2. The molecule has 1 aliphatic heterocycles. The summed E-state index contributed by atoms with van der Waals surface area (Å²) in [5, 5.41) is 3.68. The Morgan fingerprint density at radius 1 is 1.23 bits per heavy atom. The van der Waals surface area contributed by atoms with E-state index < -0.39 is 10.0 Å². The van der Waals surface area contributed by atoms with Gasteiger partial charge in [-0.25, -0.2) is 18.4 Å². The van der Waals surface area contributed by atoms with Crippen molar-refractivity contribution in [3.8, 4) is 0 Å². The smallest absolute Gasteiger partial charge is 0.263 e. The highest BCUT2D eigenvalue weighted by molar-refractivity contribution is 7.89. The number of nitrogens with one attached hydrogen (secondary N) is 1. The summed E-state index contributed by atoms with van der Waals surface area (Å²) in [5.41, 5.74) is 0.696. The van der Waals surface area contributed by atoms with Gasteiger partial charge in [0, 0.05) is 45.3 Å². The number of rotatable bonds is 8. The lowest BCUT2D eigenvalue weighted by molar-refractivity contribution is 0.0959. The number of anilines is 1. The van der Waals surface area contributed by atoms with Crippen LogP contribution in [0.25, 0.3) is 0 Å². The first-order valence-electron chi connectivity index (χ1n) is 10.1. The molecule has 2 aromatic rings. The van der Waals surface area contributed by atoms with Gasteiger partial charge >= 0.3 is 0 Å². The zero-order chi connectivity index (χ0) is 21.7. The second kappa shape index (κ2) is 9.84. The summed E-state index contributed by atoms with van der Waals surface area (Å²) < 4.78 is 26.8. The molecule has 0 atom stereocenters. The molecule has 30 heavy (non-hydrogen) atoms. The Kier molecular flexibility index (Phi) is 7.43. The number of hydrogen-bond acceptors (Lipinski definition) is 7. The van der Waals surface area contributed by atoms with Gasteiger partial charge < -0.3 is 10.2 Å². The number of sulfonamides is 1. The number of carbonyl (C=O) groups excluding carboxylic acids is 1. The largest absolute Gasteiger partial charge is 0.354 e. The van der Waals surface area contributed by atoms with Crippen molar-refractivity contribution in [3.63, 3.8) is 0 Å². The number of nitrogens with zero attached hydrogens (tertiary/aromatic N) is 4. The van der Waals surface area contributed by atoms with E-state index >= 15 is 0 Å². The minimum Gasteiger partial charge on any atom is -0.354 e. The fraction of sp³-hybridized carbons (Fsp3) is 0.550. The Hall–Kier alpha value is -2.04. The zero-order valence-electron chi connectivity index (χ0n) is 17.7. The van der Waals surface area contributed by atoms with Gasteiger partial charge in [-0.3, -0.25) is 4.79 Å². The lowest BCUT2D eigenvalue weighted by Crippen LogP contribution is -2.50. The number of piperazine rings is 1. The van der Waals surface area contributed by atoms with E-state index in [4.69, 9.17) is 0 Å². The van der Waals surface area contributed by atoms with Crippen LogP contribution in [0.15, 0.2) is 24.4 Å². The third-order valence-electron chi connectivity index (χ3n) is 4.88. The Balaban J connectivity index is 1.48. The van der Waals surface area contributed by atoms with Crippen LogP contribution in [0, 0.1) is 12.8 Å². The minimum atomic E-state index is -3.43. The second-order valence-electron chi connectivity index (χ2n) is 7.77. The molecule has 164 valence electrons. The molecule has 0 unspecified atom stereocenters. The van der Waals surface area contributed by atoms with Crippen LogP contribution in [0.1, 0.15) is 34.2 Å². The number of pyridine rings is 1. The second-order valence-corrected chi connectivity index (χ2v) is 10.9. The van der Waals surface area contributed by atoms with Crippen LogP contribution < -0.4 is 10.2 Å². The molecule has 10 heteroatoms. The molecular formula is C20H29N5O3S2. The van der Waals surface area contributed by atoms with E-state index in [9.17, 15) is 13.2 Å². The fourth-order valence-corrected chi connectivity index (χ4v) is 5.87. The topological polar surface area (TPSA) is 95.5 Å². The van der Waals surface area contributed by atoms with E-state index in [2.05, 4.69) is 34.0 Å². The summed E-state index contributed by atoms with van der Waals surface area (Å²) in [4.78, 5) is 23.9. The molecule has 0 bridgehead atoms. The van der Waals surface area contributed by atoms with Crippen molar-refractivity contribution in [1.82, 2.24) is 19.6 Å². The molecule has 0 spiro atoms. The van der Waals surface area contributed by atoms with Gasteiger partial charge in [0.1, 0.15) is 10.7 Å². The molecule has 3 heterocycles. The van der Waals surface area contributed by atoms with Gasteiger partial charge in [-0.15, -0.1) is 11.3 Å². The van der Waals surface area contributed by atoms with Gasteiger partial charge in [0.25, 0.3) is 5.91 Å². The SMILES string of the molecule is Cc1nc(CC(C)C)sc1C(=O)NCCS(=O)(=O)N1CCN(c2ccccn2)CC1. The summed E-state index contributed by atoms with van der Waals surface area (Å²) in [6.45, 7) is 8.14. The van der Waals surface area contributed by atoms with Crippen molar-refractivity contribution in [3.05, 3.63) is 40.0 Å². The molecule has 0 aliphatic carbocycles. The van der Waals surface area contributed by atoms with Gasteiger partial charge in [0.2, 0.25) is 10.0 Å². The third-order valence-corrected chi connectivity index (χ3v) is 7.93. The van der Waals surface area contributed by atoms with Crippen LogP contribution in [0.2, 0.25) is 0 Å². The van der Waals surface area contributed by atoms with Crippen molar-refractivity contribution in [2.75, 3.05) is 43.4 Å². The van der Waals surface area contributed by atoms with Gasteiger partial charge in [-0.1, -0.05) is 19.9 Å². The molecule has 0 aromatic carbocycles. The molecule has 2 aromatic heterocycles. The molecule has 1 N–H and O–H groups in total. The summed E-state index contributed by atoms with van der Waals surface area (Å²) >= 11 is 1.39. The maximum atomic E-state index is 12.7. The van der Waals surface area contributed by atoms with E-state index in [0.717, 1.165) is 17.2 Å². The van der Waals surface area contributed by atoms with E-state index in [1.807, 2.05) is 25.1 Å². The fourth-order valence-electron chi connectivity index (χ4n) is 3.34. The monoisotopic (exact) mass is 451 g/mol. The first-order chi connectivity index (χ1) is 14.3. The third kappa shape index (κ3) is 5.77. The van der Waals surface area contributed by atoms with E-state index in [1.54, 1.807) is 6.20 Å². The molecule has 0 saturated carbocycles. The maximum Gasteiger partial charge on any atom is 0.263 e. The molecule has 1 amide bonds. The summed E-state index contributed by atoms with van der Waals surface area (Å²) in [5.74, 6) is 0.961. The quantitative estimate of drug-likeness (QED) is 0.659. The Bertz CT molecular complexity index is 952. The number of thiazole rings is 1. The van der Waals surface area contributed by atoms with Gasteiger partial charge in [0.05, 0.1) is 16.5 Å². The summed E-state index contributed by atoms with van der Waals surface area (Å²) in [6.07, 6.45) is 2.56. The predicted molar refractivity (Wildman–Crippen MR) is 120 cm³/mol. The Labute approximate surface area is 182 Å². The molecule has 3 rings (SSSR count). The average Bonchev–Trinajstić information content (AvgIpc) is 3.08. The van der Waals surface area contributed by atoms with E-state index in [1.165, 1.54) is 15.6 Å². The summed E-state index contributed by atoms with van der Waals surface area (Å²) in [6, 6.07) is 5.70. The Morgan fingerprint density at radius 3 is 2.60 bits per heavy atom. The zero-order valence-corrected chi connectivity index (χ0v) is 19.3. The van der Waals surface area contributed by atoms with Crippen LogP contribution >= 0.6 is 11.3 Å². The molecule has 8 nitrogen and oxygen atoms in total. The van der Waals surface area contributed by atoms with Crippen LogP contribution in [-0.4, -0.2) is 67.1 Å². The molecule has 1 fully saturated rings.